The zero-order valence-corrected chi connectivity index (χ0v) is 43.2. The van der Waals surface area contributed by atoms with E-state index in [1.165, 1.54) is 85.4 Å². The molecule has 5 aromatic carbocycles. The Kier molecular flexibility index (Phi) is 18.3. The third-order valence-electron chi connectivity index (χ3n) is 13.4. The third-order valence-corrected chi connectivity index (χ3v) is 14.5. The molecule has 11 heteroatoms. The Labute approximate surface area is 427 Å². The van der Waals surface area contributed by atoms with Crippen LogP contribution < -0.4 is 33.6 Å². The number of aryl methyl sites for hydroxylation is 4. The van der Waals surface area contributed by atoms with Crippen LogP contribution in [0.4, 0.5) is 17.1 Å². The van der Waals surface area contributed by atoms with Crippen molar-refractivity contribution in [3.63, 3.8) is 0 Å². The summed E-state index contributed by atoms with van der Waals surface area (Å²) in [6.45, 7) is 24.6. The van der Waals surface area contributed by atoms with E-state index in [0.29, 0.717) is 11.8 Å². The van der Waals surface area contributed by atoms with Crippen LogP contribution in [0.15, 0.2) is 84.5 Å². The summed E-state index contributed by atoms with van der Waals surface area (Å²) in [5, 5.41) is 2.04. The topological polar surface area (TPSA) is 72.4 Å². The average Bonchev–Trinajstić information content (AvgIpc) is 3.81. The molecular weight excluding hydrogens is 910 g/mol. The highest BCUT2D eigenvalue weighted by molar-refractivity contribution is 7.16. The lowest BCUT2D eigenvalue weighted by Crippen LogP contribution is -2.37. The minimum absolute atomic E-state index is 0. The van der Waals surface area contributed by atoms with Gasteiger partial charge in [0.15, 0.2) is 0 Å². The number of hydrogen-bond donors (Lipinski definition) is 0. The second kappa shape index (κ2) is 23.9. The highest BCUT2D eigenvalue weighted by Gasteiger charge is 2.26. The zero-order chi connectivity index (χ0) is 48.1. The van der Waals surface area contributed by atoms with Crippen molar-refractivity contribution in [2.45, 2.75) is 101 Å². The summed E-state index contributed by atoms with van der Waals surface area (Å²) in [5.74, 6) is 5.06. The second-order valence-electron chi connectivity index (χ2n) is 19.0. The van der Waals surface area contributed by atoms with Crippen molar-refractivity contribution >= 4 is 61.1 Å². The van der Waals surface area contributed by atoms with Crippen LogP contribution in [0, 0.1) is 27.7 Å². The highest BCUT2D eigenvalue weighted by atomic mass is 35.5. The Balaban J connectivity index is 0.000000143. The molecule has 0 fully saturated rings. The normalized spacial score (nSPS) is 14.6. The van der Waals surface area contributed by atoms with Gasteiger partial charge in [0.05, 0.1) is 69.6 Å². The van der Waals surface area contributed by atoms with E-state index in [1.807, 2.05) is 23.8 Å². The maximum absolute atomic E-state index is 6.39. The van der Waals surface area contributed by atoms with E-state index in [-0.39, 0.29) is 14.9 Å². The fourth-order valence-electron chi connectivity index (χ4n) is 9.42. The molecule has 0 aliphatic carbocycles. The summed E-state index contributed by atoms with van der Waals surface area (Å²) in [4.78, 5) is 15.5. The maximum atomic E-state index is 6.39. The molecule has 0 bridgehead atoms. The van der Waals surface area contributed by atoms with Crippen LogP contribution in [-0.2, 0) is 12.8 Å². The van der Waals surface area contributed by atoms with E-state index in [1.54, 1.807) is 11.3 Å². The summed E-state index contributed by atoms with van der Waals surface area (Å²) in [7, 11) is 4.18. The Morgan fingerprint density at radius 2 is 1.31 bits per heavy atom. The van der Waals surface area contributed by atoms with Gasteiger partial charge in [0.2, 0.25) is 0 Å². The molecule has 2 aromatic heterocycles. The molecular formula is C59H76ClN5O4S. The first-order valence-corrected chi connectivity index (χ1v) is 25.5. The summed E-state index contributed by atoms with van der Waals surface area (Å²) < 4.78 is 23.9. The van der Waals surface area contributed by atoms with Crippen molar-refractivity contribution in [3.05, 3.63) is 134 Å². The third kappa shape index (κ3) is 11.9. The molecule has 5 aliphatic rings. The fourth-order valence-corrected chi connectivity index (χ4v) is 10.7. The summed E-state index contributed by atoms with van der Waals surface area (Å²) in [6.07, 6.45) is 5.39. The number of thiazole rings is 1. The zero-order valence-electron chi connectivity index (χ0n) is 41.7. The van der Waals surface area contributed by atoms with Crippen LogP contribution in [0.2, 0.25) is 5.02 Å². The van der Waals surface area contributed by atoms with E-state index in [9.17, 15) is 0 Å². The van der Waals surface area contributed by atoms with Crippen LogP contribution in [0.5, 0.6) is 23.0 Å². The number of pyridine rings is 1. The van der Waals surface area contributed by atoms with Gasteiger partial charge in [-0.3, -0.25) is 4.98 Å². The minimum Gasteiger partial charge on any atom is -0.493 e. The van der Waals surface area contributed by atoms with Gasteiger partial charge >= 0.3 is 0 Å². The molecule has 12 rings (SSSR count). The molecule has 0 radical (unpaired) electrons. The maximum Gasteiger partial charge on any atom is 0.145 e. The summed E-state index contributed by atoms with van der Waals surface area (Å²) in [5.41, 5.74) is 18.4. The molecule has 0 atom stereocenters. The Morgan fingerprint density at radius 3 is 2.09 bits per heavy atom. The molecule has 0 saturated carbocycles. The first-order valence-electron chi connectivity index (χ1n) is 24.2. The molecule has 0 N–H and O–H groups in total. The van der Waals surface area contributed by atoms with Gasteiger partial charge in [-0.1, -0.05) is 84.5 Å². The molecule has 7 aromatic rings. The van der Waals surface area contributed by atoms with E-state index in [4.69, 9.17) is 30.5 Å². The van der Waals surface area contributed by atoms with Crippen molar-refractivity contribution in [3.8, 4) is 23.0 Å². The average molecular weight is 987 g/mol. The van der Waals surface area contributed by atoms with Gasteiger partial charge in [-0.15, -0.1) is 11.3 Å². The van der Waals surface area contributed by atoms with Crippen LogP contribution >= 0.6 is 22.9 Å². The van der Waals surface area contributed by atoms with E-state index in [0.717, 1.165) is 97.2 Å². The fraction of sp³-hybridized carbons (Fsp3) is 0.424. The SMILES string of the molecule is C.C.CC(C)c1ccc2c(c1Cl)N(C)CCO2.Cc1cc(C(C)C)cc2c1OCCN2C.Cc1ccc2c3c(ccnc13)CCO2.Cc1ccc2c3c1CCCN3CCO2.Cc1ccc2ncsc2c1. The van der Waals surface area contributed by atoms with Gasteiger partial charge in [0.1, 0.15) is 42.8 Å². The smallest absolute Gasteiger partial charge is 0.145 e. The first-order chi connectivity index (χ1) is 32.8. The molecule has 0 spiro atoms. The summed E-state index contributed by atoms with van der Waals surface area (Å²) >= 11 is 8.09. The minimum atomic E-state index is 0. The molecule has 0 unspecified atom stereocenters. The number of aromatic nitrogens is 2. The van der Waals surface area contributed by atoms with Gasteiger partial charge in [-0.25, -0.2) is 4.98 Å². The number of likely N-dealkylation sites (N-methyl/N-ethyl adjacent to an activating group) is 2. The molecule has 9 nitrogen and oxygen atoms in total. The van der Waals surface area contributed by atoms with Gasteiger partial charge in [-0.2, -0.15) is 0 Å². The second-order valence-corrected chi connectivity index (χ2v) is 20.3. The number of ether oxygens (including phenoxy) is 4. The number of halogens is 1. The number of rotatable bonds is 2. The summed E-state index contributed by atoms with van der Waals surface area (Å²) in [6, 6.07) is 25.4. The van der Waals surface area contributed by atoms with Crippen molar-refractivity contribution in [1.29, 1.82) is 0 Å². The predicted octanol–water partition coefficient (Wildman–Crippen LogP) is 14.7. The standard InChI is InChI=1S/C13H19NO.C12H16ClNO.C12H11NO.C12H15NO.C8H7NS.2CH4/c1-9(2)11-7-10(3)13-12(8-11)14(4)5-6-15-13;1-8(2)9-4-5-10-12(11(9)13)14(3)6-7-15-10;1-8-2-3-10-11-9(5-7-14-10)4-6-13-12(8)11;1-9-4-5-11-12-10(9)3-2-6-13(12)7-8-14-11;1-6-2-3-7-8(4-6)10-5-9-7;;/h7-9H,5-6H2,1-4H3;4-5,8H,6-7H2,1-3H3;2-4,6H,5,7H2,1H3;4-5H,2-3,6-8H2,1H3;2-5H,1H3;2*1H4. The molecule has 70 heavy (non-hydrogen) atoms. The number of nitrogens with zero attached hydrogens (tertiary/aromatic N) is 5. The van der Waals surface area contributed by atoms with E-state index < -0.39 is 0 Å². The van der Waals surface area contributed by atoms with E-state index >= 15 is 0 Å². The van der Waals surface area contributed by atoms with E-state index in [2.05, 4.69) is 155 Å². The number of anilines is 3. The molecule has 7 heterocycles. The first kappa shape index (κ1) is 53.6. The number of fused-ring (bicyclic) bond motifs is 3. The lowest BCUT2D eigenvalue weighted by Gasteiger charge is -2.37. The van der Waals surface area contributed by atoms with Crippen LogP contribution in [0.1, 0.15) is 105 Å². The lowest BCUT2D eigenvalue weighted by molar-refractivity contribution is 0.304. The molecule has 5 aliphatic heterocycles. The van der Waals surface area contributed by atoms with Crippen molar-refractivity contribution in [2.24, 2.45) is 0 Å². The highest BCUT2D eigenvalue weighted by Crippen LogP contribution is 2.43. The van der Waals surface area contributed by atoms with Crippen molar-refractivity contribution < 1.29 is 18.9 Å². The van der Waals surface area contributed by atoms with Gasteiger partial charge in [-0.05, 0) is 139 Å². The monoisotopic (exact) mass is 986 g/mol. The predicted molar refractivity (Wildman–Crippen MR) is 299 cm³/mol. The van der Waals surface area contributed by atoms with Crippen LogP contribution in [0.25, 0.3) is 21.1 Å². The van der Waals surface area contributed by atoms with Gasteiger partial charge < -0.3 is 33.6 Å². The quantitative estimate of drug-likeness (QED) is 0.168. The molecule has 0 saturated heterocycles. The molecule has 0 amide bonds. The van der Waals surface area contributed by atoms with Crippen molar-refractivity contribution in [2.75, 3.05) is 81.4 Å². The van der Waals surface area contributed by atoms with Gasteiger partial charge in [0.25, 0.3) is 0 Å². The Bertz CT molecular complexity index is 2870. The van der Waals surface area contributed by atoms with Crippen LogP contribution in [-0.4, -0.2) is 76.7 Å². The Hall–Kier alpha value is -5.71. The number of hydrogen-bond acceptors (Lipinski definition) is 10. The number of benzene rings is 5. The largest absolute Gasteiger partial charge is 0.493 e. The lowest BCUT2D eigenvalue weighted by atomic mass is 9.96. The van der Waals surface area contributed by atoms with Crippen molar-refractivity contribution in [1.82, 2.24) is 9.97 Å². The van der Waals surface area contributed by atoms with Gasteiger partial charge in [0, 0.05) is 38.6 Å². The Morgan fingerprint density at radius 1 is 0.629 bits per heavy atom. The molecule has 374 valence electrons. The van der Waals surface area contributed by atoms with Crippen LogP contribution in [0.3, 0.4) is 0 Å².